The van der Waals surface area contributed by atoms with Crippen LogP contribution in [0.4, 0.5) is 0 Å². The van der Waals surface area contributed by atoms with Crippen molar-refractivity contribution in [2.45, 2.75) is 39.0 Å². The SMILES string of the molecule is CC(C(=O)NN)C(C)N1CC(CO)OCC1C. The highest BCUT2D eigenvalue weighted by atomic mass is 16.5. The summed E-state index contributed by atoms with van der Waals surface area (Å²) in [6, 6.07) is 0.298. The van der Waals surface area contributed by atoms with Crippen molar-refractivity contribution in [1.82, 2.24) is 10.3 Å². The summed E-state index contributed by atoms with van der Waals surface area (Å²) in [5, 5.41) is 9.12. The van der Waals surface area contributed by atoms with Crippen LogP contribution < -0.4 is 11.3 Å². The van der Waals surface area contributed by atoms with E-state index in [0.717, 1.165) is 0 Å². The Bertz CT molecular complexity index is 262. The van der Waals surface area contributed by atoms with Gasteiger partial charge in [-0.1, -0.05) is 6.92 Å². The van der Waals surface area contributed by atoms with E-state index in [-0.39, 0.29) is 36.6 Å². The van der Waals surface area contributed by atoms with Crippen LogP contribution in [0, 0.1) is 5.92 Å². The number of nitrogens with one attached hydrogen (secondary N) is 1. The third-order valence-corrected chi connectivity index (χ3v) is 3.56. The monoisotopic (exact) mass is 245 g/mol. The molecular weight excluding hydrogens is 222 g/mol. The Morgan fingerprint density at radius 2 is 2.29 bits per heavy atom. The zero-order valence-corrected chi connectivity index (χ0v) is 10.7. The molecular formula is C11H23N3O3. The Balaban J connectivity index is 2.65. The van der Waals surface area contributed by atoms with Gasteiger partial charge >= 0.3 is 0 Å². The predicted molar refractivity (Wildman–Crippen MR) is 63.9 cm³/mol. The third kappa shape index (κ3) is 3.38. The Morgan fingerprint density at radius 3 is 2.82 bits per heavy atom. The fourth-order valence-electron chi connectivity index (χ4n) is 2.15. The van der Waals surface area contributed by atoms with E-state index >= 15 is 0 Å². The second kappa shape index (κ2) is 6.30. The van der Waals surface area contributed by atoms with E-state index in [9.17, 15) is 4.79 Å². The number of carbonyl (C=O) groups excluding carboxylic acids is 1. The molecule has 0 aliphatic carbocycles. The number of hydrogen-bond acceptors (Lipinski definition) is 5. The number of amides is 1. The number of rotatable bonds is 4. The van der Waals surface area contributed by atoms with Crippen molar-refractivity contribution in [1.29, 1.82) is 0 Å². The van der Waals surface area contributed by atoms with Crippen LogP contribution >= 0.6 is 0 Å². The van der Waals surface area contributed by atoms with Crippen molar-refractivity contribution in [3.63, 3.8) is 0 Å². The van der Waals surface area contributed by atoms with E-state index in [0.29, 0.717) is 13.2 Å². The number of aliphatic hydroxyl groups excluding tert-OH is 1. The minimum Gasteiger partial charge on any atom is -0.394 e. The van der Waals surface area contributed by atoms with Gasteiger partial charge in [0.15, 0.2) is 0 Å². The highest BCUT2D eigenvalue weighted by Gasteiger charge is 2.33. The van der Waals surface area contributed by atoms with E-state index in [2.05, 4.69) is 17.2 Å². The normalized spacial score (nSPS) is 29.7. The van der Waals surface area contributed by atoms with Crippen LogP contribution in [-0.4, -0.2) is 53.9 Å². The van der Waals surface area contributed by atoms with Gasteiger partial charge in [-0.15, -0.1) is 0 Å². The summed E-state index contributed by atoms with van der Waals surface area (Å²) in [5.41, 5.74) is 2.18. The van der Waals surface area contributed by atoms with Crippen LogP contribution in [0.5, 0.6) is 0 Å². The second-order valence-electron chi connectivity index (χ2n) is 4.72. The molecule has 6 nitrogen and oxygen atoms in total. The van der Waals surface area contributed by atoms with Gasteiger partial charge in [-0.25, -0.2) is 5.84 Å². The van der Waals surface area contributed by atoms with Crippen LogP contribution in [0.25, 0.3) is 0 Å². The largest absolute Gasteiger partial charge is 0.394 e. The van der Waals surface area contributed by atoms with Crippen molar-refractivity contribution in [2.75, 3.05) is 19.8 Å². The van der Waals surface area contributed by atoms with Crippen molar-refractivity contribution < 1.29 is 14.6 Å². The molecule has 17 heavy (non-hydrogen) atoms. The number of aliphatic hydroxyl groups is 1. The molecule has 1 rings (SSSR count). The van der Waals surface area contributed by atoms with E-state index in [4.69, 9.17) is 15.7 Å². The maximum absolute atomic E-state index is 11.5. The van der Waals surface area contributed by atoms with Crippen molar-refractivity contribution in [3.05, 3.63) is 0 Å². The zero-order chi connectivity index (χ0) is 13.0. The summed E-state index contributed by atoms with van der Waals surface area (Å²) in [6.45, 7) is 7.12. The number of carbonyl (C=O) groups is 1. The van der Waals surface area contributed by atoms with Crippen molar-refractivity contribution >= 4 is 5.91 Å². The topological polar surface area (TPSA) is 87.8 Å². The molecule has 6 heteroatoms. The molecule has 0 spiro atoms. The number of hydrazine groups is 1. The van der Waals surface area contributed by atoms with Crippen LogP contribution in [0.3, 0.4) is 0 Å². The third-order valence-electron chi connectivity index (χ3n) is 3.56. The van der Waals surface area contributed by atoms with Crippen LogP contribution in [0.15, 0.2) is 0 Å². The highest BCUT2D eigenvalue weighted by Crippen LogP contribution is 2.19. The number of nitrogens with two attached hydrogens (primary N) is 1. The van der Waals surface area contributed by atoms with Gasteiger partial charge in [-0.05, 0) is 13.8 Å². The minimum atomic E-state index is -0.195. The molecule has 1 amide bonds. The maximum atomic E-state index is 11.5. The van der Waals surface area contributed by atoms with E-state index < -0.39 is 0 Å². The molecule has 0 aromatic carbocycles. The first-order valence-electron chi connectivity index (χ1n) is 5.99. The van der Waals surface area contributed by atoms with Gasteiger partial charge < -0.3 is 9.84 Å². The van der Waals surface area contributed by atoms with Gasteiger partial charge in [0.2, 0.25) is 5.91 Å². The summed E-state index contributed by atoms with van der Waals surface area (Å²) in [5.74, 6) is 4.78. The van der Waals surface area contributed by atoms with Crippen LogP contribution in [0.1, 0.15) is 20.8 Å². The molecule has 1 heterocycles. The van der Waals surface area contributed by atoms with E-state index in [1.54, 1.807) is 0 Å². The maximum Gasteiger partial charge on any atom is 0.238 e. The molecule has 0 radical (unpaired) electrons. The number of morpholine rings is 1. The summed E-state index contributed by atoms with van der Waals surface area (Å²) in [4.78, 5) is 13.7. The van der Waals surface area contributed by atoms with Gasteiger partial charge in [0, 0.05) is 18.6 Å². The standard InChI is InChI=1S/C11H23N3O3/c1-7-6-17-10(5-15)4-14(7)9(3)8(2)11(16)13-12/h7-10,15H,4-6,12H2,1-3H3,(H,13,16). The summed E-state index contributed by atoms with van der Waals surface area (Å²) >= 11 is 0. The summed E-state index contributed by atoms with van der Waals surface area (Å²) < 4.78 is 5.47. The lowest BCUT2D eigenvalue weighted by atomic mass is 9.98. The van der Waals surface area contributed by atoms with Gasteiger partial charge in [-0.2, -0.15) is 0 Å². The highest BCUT2D eigenvalue weighted by molar-refractivity contribution is 5.78. The van der Waals surface area contributed by atoms with Crippen LogP contribution in [0.2, 0.25) is 0 Å². The van der Waals surface area contributed by atoms with E-state index in [1.165, 1.54) is 0 Å². The van der Waals surface area contributed by atoms with Gasteiger partial charge in [-0.3, -0.25) is 15.1 Å². The average Bonchev–Trinajstić information content (AvgIpc) is 2.36. The lowest BCUT2D eigenvalue weighted by molar-refractivity contribution is -0.131. The average molecular weight is 245 g/mol. The molecule has 4 N–H and O–H groups in total. The number of nitrogens with zero attached hydrogens (tertiary/aromatic N) is 1. The molecule has 1 saturated heterocycles. The molecule has 4 atom stereocenters. The molecule has 0 saturated carbocycles. The first kappa shape index (κ1) is 14.4. The molecule has 100 valence electrons. The van der Waals surface area contributed by atoms with Gasteiger partial charge in [0.05, 0.1) is 25.2 Å². The smallest absolute Gasteiger partial charge is 0.238 e. The minimum absolute atomic E-state index is 0.00735. The quantitative estimate of drug-likeness (QED) is 0.339. The zero-order valence-electron chi connectivity index (χ0n) is 10.7. The van der Waals surface area contributed by atoms with E-state index in [1.807, 2.05) is 13.8 Å². The number of hydrogen-bond donors (Lipinski definition) is 3. The van der Waals surface area contributed by atoms with Crippen molar-refractivity contribution in [2.24, 2.45) is 11.8 Å². The Labute approximate surface area is 102 Å². The Hall–Kier alpha value is -0.690. The Morgan fingerprint density at radius 1 is 1.65 bits per heavy atom. The number of ether oxygens (including phenoxy) is 1. The molecule has 0 bridgehead atoms. The van der Waals surface area contributed by atoms with Gasteiger partial charge in [0.1, 0.15) is 0 Å². The van der Waals surface area contributed by atoms with Crippen molar-refractivity contribution in [3.8, 4) is 0 Å². The second-order valence-corrected chi connectivity index (χ2v) is 4.72. The van der Waals surface area contributed by atoms with Crippen LogP contribution in [-0.2, 0) is 9.53 Å². The fraction of sp³-hybridized carbons (Fsp3) is 0.909. The fourth-order valence-corrected chi connectivity index (χ4v) is 2.15. The molecule has 1 aliphatic rings. The molecule has 1 fully saturated rings. The predicted octanol–water partition coefficient (Wildman–Crippen LogP) is -0.917. The molecule has 4 unspecified atom stereocenters. The summed E-state index contributed by atoms with van der Waals surface area (Å²) in [7, 11) is 0. The van der Waals surface area contributed by atoms with Gasteiger partial charge in [0.25, 0.3) is 0 Å². The molecule has 0 aromatic heterocycles. The lowest BCUT2D eigenvalue weighted by Gasteiger charge is -2.42. The molecule has 1 aliphatic heterocycles. The molecule has 0 aromatic rings. The summed E-state index contributed by atoms with van der Waals surface area (Å²) in [6.07, 6.45) is -0.165. The first-order chi connectivity index (χ1) is 8.01. The lowest BCUT2D eigenvalue weighted by Crippen LogP contribution is -2.56. The first-order valence-corrected chi connectivity index (χ1v) is 5.99. The Kier molecular flexibility index (Phi) is 5.32.